The van der Waals surface area contributed by atoms with Crippen molar-refractivity contribution in [3.63, 3.8) is 0 Å². The Morgan fingerprint density at radius 2 is 1.60 bits per heavy atom. The second-order valence-corrected chi connectivity index (χ2v) is 6.18. The lowest BCUT2D eigenvalue weighted by Crippen LogP contribution is -2.03. The molecular weight excluding hydrogens is 291 g/mol. The van der Waals surface area contributed by atoms with Crippen LogP contribution in [0.15, 0.2) is 42.5 Å². The Kier molecular flexibility index (Phi) is 4.02. The van der Waals surface area contributed by atoms with Gasteiger partial charge in [-0.15, -0.1) is 0 Å². The Bertz CT molecular complexity index is 583. The van der Waals surface area contributed by atoms with Crippen LogP contribution in [0.4, 0.5) is 0 Å². The molecule has 1 aliphatic carbocycles. The van der Waals surface area contributed by atoms with E-state index in [1.165, 1.54) is 18.4 Å². The van der Waals surface area contributed by atoms with Gasteiger partial charge in [0.05, 0.1) is 6.10 Å². The maximum atomic E-state index is 10.4. The zero-order chi connectivity index (χ0) is 14.1. The molecule has 0 saturated heterocycles. The molecular formula is C17H16Cl2O. The molecule has 1 aliphatic rings. The van der Waals surface area contributed by atoms with Crippen LogP contribution in [-0.2, 0) is 6.42 Å². The maximum absolute atomic E-state index is 10.4. The van der Waals surface area contributed by atoms with Crippen molar-refractivity contribution in [3.8, 4) is 0 Å². The van der Waals surface area contributed by atoms with E-state index in [2.05, 4.69) is 12.1 Å². The predicted molar refractivity (Wildman–Crippen MR) is 83.5 cm³/mol. The van der Waals surface area contributed by atoms with Gasteiger partial charge in [0.2, 0.25) is 0 Å². The Hall–Kier alpha value is -1.02. The molecule has 3 rings (SSSR count). The summed E-state index contributed by atoms with van der Waals surface area (Å²) in [6, 6.07) is 13.6. The molecule has 20 heavy (non-hydrogen) atoms. The number of hydrogen-bond donors (Lipinski definition) is 1. The van der Waals surface area contributed by atoms with E-state index >= 15 is 0 Å². The molecule has 104 valence electrons. The molecule has 0 bridgehead atoms. The molecule has 1 unspecified atom stereocenters. The van der Waals surface area contributed by atoms with Crippen molar-refractivity contribution in [3.05, 3.63) is 69.2 Å². The summed E-state index contributed by atoms with van der Waals surface area (Å²) in [5, 5.41) is 11.6. The number of aliphatic hydroxyl groups excluding tert-OH is 1. The van der Waals surface area contributed by atoms with Crippen LogP contribution in [0.1, 0.15) is 41.6 Å². The maximum Gasteiger partial charge on any atom is 0.0831 e. The molecule has 1 N–H and O–H groups in total. The van der Waals surface area contributed by atoms with Crippen molar-refractivity contribution in [1.29, 1.82) is 0 Å². The second kappa shape index (κ2) is 5.77. The number of hydrogen-bond acceptors (Lipinski definition) is 1. The lowest BCUT2D eigenvalue weighted by Gasteiger charge is -2.14. The monoisotopic (exact) mass is 306 g/mol. The van der Waals surface area contributed by atoms with Gasteiger partial charge in [-0.3, -0.25) is 0 Å². The van der Waals surface area contributed by atoms with Crippen LogP contribution in [0.5, 0.6) is 0 Å². The highest BCUT2D eigenvalue weighted by Crippen LogP contribution is 2.40. The fourth-order valence-electron chi connectivity index (χ4n) is 2.45. The quantitative estimate of drug-likeness (QED) is 0.828. The average molecular weight is 307 g/mol. The minimum absolute atomic E-state index is 0.432. The summed E-state index contributed by atoms with van der Waals surface area (Å²) in [4.78, 5) is 0. The van der Waals surface area contributed by atoms with E-state index in [0.29, 0.717) is 16.5 Å². The van der Waals surface area contributed by atoms with Gasteiger partial charge in [0.25, 0.3) is 0 Å². The topological polar surface area (TPSA) is 20.2 Å². The third-order valence-electron chi connectivity index (χ3n) is 3.83. The van der Waals surface area contributed by atoms with E-state index in [1.807, 2.05) is 18.2 Å². The van der Waals surface area contributed by atoms with Crippen LogP contribution in [-0.4, -0.2) is 5.11 Å². The van der Waals surface area contributed by atoms with Crippen LogP contribution in [0, 0.1) is 0 Å². The molecule has 2 aromatic rings. The number of aliphatic hydroxyl groups is 1. The van der Waals surface area contributed by atoms with Crippen molar-refractivity contribution in [2.75, 3.05) is 0 Å². The van der Waals surface area contributed by atoms with Gasteiger partial charge in [0, 0.05) is 16.5 Å². The first-order chi connectivity index (χ1) is 9.65. The Balaban J connectivity index is 1.76. The largest absolute Gasteiger partial charge is 0.388 e. The second-order valence-electron chi connectivity index (χ2n) is 5.36. The molecule has 0 aromatic heterocycles. The summed E-state index contributed by atoms with van der Waals surface area (Å²) in [5.74, 6) is 0.735. The van der Waals surface area contributed by atoms with E-state index < -0.39 is 6.10 Å². The van der Waals surface area contributed by atoms with Crippen molar-refractivity contribution in [2.45, 2.75) is 31.3 Å². The van der Waals surface area contributed by atoms with Crippen LogP contribution < -0.4 is 0 Å². The molecule has 1 saturated carbocycles. The van der Waals surface area contributed by atoms with Crippen molar-refractivity contribution < 1.29 is 5.11 Å². The van der Waals surface area contributed by atoms with Crippen LogP contribution in [0.2, 0.25) is 10.0 Å². The zero-order valence-corrected chi connectivity index (χ0v) is 12.5. The van der Waals surface area contributed by atoms with Crippen LogP contribution in [0.3, 0.4) is 0 Å². The van der Waals surface area contributed by atoms with Gasteiger partial charge >= 0.3 is 0 Å². The van der Waals surface area contributed by atoms with Gasteiger partial charge in [-0.05, 0) is 47.6 Å². The normalized spacial score (nSPS) is 16.1. The van der Waals surface area contributed by atoms with Gasteiger partial charge in [-0.25, -0.2) is 0 Å². The van der Waals surface area contributed by atoms with Gasteiger partial charge < -0.3 is 5.11 Å². The molecule has 1 fully saturated rings. The smallest absolute Gasteiger partial charge is 0.0831 e. The van der Waals surface area contributed by atoms with Crippen molar-refractivity contribution in [2.24, 2.45) is 0 Å². The highest BCUT2D eigenvalue weighted by molar-refractivity contribution is 6.36. The predicted octanol–water partition coefficient (Wildman–Crippen LogP) is 5.15. The van der Waals surface area contributed by atoms with Gasteiger partial charge in [0.15, 0.2) is 0 Å². The first-order valence-electron chi connectivity index (χ1n) is 6.86. The van der Waals surface area contributed by atoms with E-state index in [9.17, 15) is 5.11 Å². The molecule has 1 nitrogen and oxygen atoms in total. The standard InChI is InChI=1S/C17H16Cl2O/c18-15-2-1-3-16(19)14(15)10-17(20)13-8-6-12(7-9-13)11-4-5-11/h1-3,6-9,11,17,20H,4-5,10H2. The number of benzene rings is 2. The van der Waals surface area contributed by atoms with E-state index in [0.717, 1.165) is 17.0 Å². The SMILES string of the molecule is OC(Cc1c(Cl)cccc1Cl)c1ccc(C2CC2)cc1. The summed E-state index contributed by atoms with van der Waals surface area (Å²) in [6.45, 7) is 0. The van der Waals surface area contributed by atoms with Gasteiger partial charge in [0.1, 0.15) is 0 Å². The van der Waals surface area contributed by atoms with E-state index in [-0.39, 0.29) is 0 Å². The molecule has 1 atom stereocenters. The number of halogens is 2. The lowest BCUT2D eigenvalue weighted by atomic mass is 9.99. The fourth-order valence-corrected chi connectivity index (χ4v) is 3.00. The Morgan fingerprint density at radius 1 is 1.00 bits per heavy atom. The minimum atomic E-state index is -0.583. The summed E-state index contributed by atoms with van der Waals surface area (Å²) in [5.41, 5.74) is 3.08. The highest BCUT2D eigenvalue weighted by Gasteiger charge is 2.23. The third kappa shape index (κ3) is 3.01. The van der Waals surface area contributed by atoms with Crippen LogP contribution >= 0.6 is 23.2 Å². The Labute approximate surface area is 129 Å². The summed E-state index contributed by atoms with van der Waals surface area (Å²) >= 11 is 12.3. The zero-order valence-electron chi connectivity index (χ0n) is 11.0. The third-order valence-corrected chi connectivity index (χ3v) is 4.54. The highest BCUT2D eigenvalue weighted by atomic mass is 35.5. The summed E-state index contributed by atoms with van der Waals surface area (Å²) in [7, 11) is 0. The summed E-state index contributed by atoms with van der Waals surface area (Å²) in [6.07, 6.45) is 2.43. The summed E-state index contributed by atoms with van der Waals surface area (Å²) < 4.78 is 0. The average Bonchev–Trinajstić information content (AvgIpc) is 3.28. The van der Waals surface area contributed by atoms with Gasteiger partial charge in [-0.2, -0.15) is 0 Å². The van der Waals surface area contributed by atoms with E-state index in [4.69, 9.17) is 23.2 Å². The molecule has 0 amide bonds. The van der Waals surface area contributed by atoms with E-state index in [1.54, 1.807) is 12.1 Å². The molecule has 2 aromatic carbocycles. The fraction of sp³-hybridized carbons (Fsp3) is 0.294. The molecule has 0 heterocycles. The molecule has 0 spiro atoms. The lowest BCUT2D eigenvalue weighted by molar-refractivity contribution is 0.178. The Morgan fingerprint density at radius 3 is 2.15 bits per heavy atom. The molecule has 0 radical (unpaired) electrons. The first-order valence-corrected chi connectivity index (χ1v) is 7.61. The van der Waals surface area contributed by atoms with Gasteiger partial charge in [-0.1, -0.05) is 53.5 Å². The first kappa shape index (κ1) is 13.9. The molecule has 0 aliphatic heterocycles. The van der Waals surface area contributed by atoms with Crippen LogP contribution in [0.25, 0.3) is 0 Å². The number of rotatable bonds is 4. The molecule has 3 heteroatoms. The van der Waals surface area contributed by atoms with Crippen molar-refractivity contribution in [1.82, 2.24) is 0 Å². The van der Waals surface area contributed by atoms with Crippen molar-refractivity contribution >= 4 is 23.2 Å². The minimum Gasteiger partial charge on any atom is -0.388 e.